The Morgan fingerprint density at radius 1 is 1.04 bits per heavy atom. The maximum atomic E-state index is 12.0. The van der Waals surface area contributed by atoms with Gasteiger partial charge in [-0.3, -0.25) is 5.32 Å². The van der Waals surface area contributed by atoms with Gasteiger partial charge in [0.1, 0.15) is 0 Å². The summed E-state index contributed by atoms with van der Waals surface area (Å²) in [6, 6.07) is 7.77. The monoisotopic (exact) mass is 320 g/mol. The number of ether oxygens (including phenoxy) is 1. The second kappa shape index (κ2) is 8.02. The van der Waals surface area contributed by atoms with Crippen LogP contribution in [0.2, 0.25) is 0 Å². The Balaban J connectivity index is 1.76. The lowest BCUT2D eigenvalue weighted by Crippen LogP contribution is -2.54. The third-order valence-electron chi connectivity index (χ3n) is 3.35. The van der Waals surface area contributed by atoms with E-state index in [0.717, 1.165) is 0 Å². The van der Waals surface area contributed by atoms with Crippen LogP contribution in [0.1, 0.15) is 6.92 Å². The predicted octanol–water partition coefficient (Wildman–Crippen LogP) is 1.70. The Hall–Kier alpha value is -2.77. The van der Waals surface area contributed by atoms with Crippen molar-refractivity contribution < 1.29 is 19.1 Å². The van der Waals surface area contributed by atoms with Crippen LogP contribution in [0.4, 0.5) is 20.1 Å². The molecule has 0 atom stereocenters. The second-order valence-corrected chi connectivity index (χ2v) is 4.92. The number of carbonyl (C=O) groups excluding carboxylic acids is 3. The molecular formula is C15H20N4O4. The highest BCUT2D eigenvalue weighted by Gasteiger charge is 2.25. The van der Waals surface area contributed by atoms with Crippen molar-refractivity contribution in [2.24, 2.45) is 0 Å². The van der Waals surface area contributed by atoms with Gasteiger partial charge in [0.15, 0.2) is 0 Å². The smallest absolute Gasteiger partial charge is 0.409 e. The third kappa shape index (κ3) is 4.87. The number of amides is 5. The van der Waals surface area contributed by atoms with Crippen LogP contribution in [0.25, 0.3) is 0 Å². The topological polar surface area (TPSA) is 91.0 Å². The molecule has 1 aliphatic rings. The van der Waals surface area contributed by atoms with Crippen molar-refractivity contribution in [2.75, 3.05) is 38.1 Å². The number of rotatable bonds is 2. The molecule has 2 N–H and O–H groups in total. The number of carbonyl (C=O) groups is 3. The zero-order chi connectivity index (χ0) is 16.7. The first kappa shape index (κ1) is 16.6. The summed E-state index contributed by atoms with van der Waals surface area (Å²) in [6.45, 7) is 3.53. The zero-order valence-corrected chi connectivity index (χ0v) is 12.9. The molecule has 0 radical (unpaired) electrons. The highest BCUT2D eigenvalue weighted by atomic mass is 16.6. The van der Waals surface area contributed by atoms with E-state index in [2.05, 4.69) is 10.6 Å². The fourth-order valence-electron chi connectivity index (χ4n) is 2.17. The molecule has 5 amide bonds. The predicted molar refractivity (Wildman–Crippen MR) is 84.2 cm³/mol. The Morgan fingerprint density at radius 3 is 2.26 bits per heavy atom. The van der Waals surface area contributed by atoms with Crippen LogP contribution in [0.3, 0.4) is 0 Å². The minimum absolute atomic E-state index is 0.319. The fraction of sp³-hybridized carbons (Fsp3) is 0.400. The van der Waals surface area contributed by atoms with Gasteiger partial charge < -0.3 is 19.9 Å². The number of nitrogens with zero attached hydrogens (tertiary/aromatic N) is 2. The Labute approximate surface area is 134 Å². The molecule has 0 unspecified atom stereocenters. The number of nitrogens with one attached hydrogen (secondary N) is 2. The van der Waals surface area contributed by atoms with Gasteiger partial charge in [0, 0.05) is 31.9 Å². The van der Waals surface area contributed by atoms with Crippen molar-refractivity contribution in [1.82, 2.24) is 15.1 Å². The van der Waals surface area contributed by atoms with Crippen LogP contribution in [0, 0.1) is 0 Å². The van der Waals surface area contributed by atoms with E-state index < -0.39 is 12.1 Å². The van der Waals surface area contributed by atoms with Crippen LogP contribution in [-0.4, -0.2) is 60.7 Å². The van der Waals surface area contributed by atoms with E-state index in [0.29, 0.717) is 38.5 Å². The summed E-state index contributed by atoms with van der Waals surface area (Å²) in [4.78, 5) is 38.4. The number of urea groups is 2. The molecule has 0 spiro atoms. The first-order valence-corrected chi connectivity index (χ1v) is 7.44. The number of hydrogen-bond donors (Lipinski definition) is 2. The first-order valence-electron chi connectivity index (χ1n) is 7.44. The Bertz CT molecular complexity index is 556. The van der Waals surface area contributed by atoms with Crippen LogP contribution < -0.4 is 10.6 Å². The largest absolute Gasteiger partial charge is 0.450 e. The van der Waals surface area contributed by atoms with Gasteiger partial charge in [-0.1, -0.05) is 18.2 Å². The third-order valence-corrected chi connectivity index (χ3v) is 3.35. The van der Waals surface area contributed by atoms with Crippen molar-refractivity contribution >= 4 is 23.8 Å². The summed E-state index contributed by atoms with van der Waals surface area (Å²) in [5.74, 6) is 0. The molecule has 8 nitrogen and oxygen atoms in total. The Kier molecular flexibility index (Phi) is 5.79. The molecular weight excluding hydrogens is 300 g/mol. The normalized spacial score (nSPS) is 14.1. The van der Waals surface area contributed by atoms with Crippen molar-refractivity contribution in [2.45, 2.75) is 6.92 Å². The summed E-state index contributed by atoms with van der Waals surface area (Å²) < 4.78 is 4.91. The summed E-state index contributed by atoms with van der Waals surface area (Å²) in [5.41, 5.74) is 0.602. The second-order valence-electron chi connectivity index (χ2n) is 4.92. The maximum absolute atomic E-state index is 12.0. The van der Waals surface area contributed by atoms with Gasteiger partial charge in [-0.05, 0) is 19.1 Å². The van der Waals surface area contributed by atoms with Crippen molar-refractivity contribution in [3.63, 3.8) is 0 Å². The minimum atomic E-state index is -0.589. The SMILES string of the molecule is CCOC(=O)N1CCN(C(=O)NC(=O)Nc2ccccc2)CC1. The molecule has 8 heteroatoms. The van der Waals surface area contributed by atoms with Crippen molar-refractivity contribution in [3.05, 3.63) is 30.3 Å². The molecule has 0 aromatic heterocycles. The molecule has 1 aliphatic heterocycles. The first-order chi connectivity index (χ1) is 11.1. The summed E-state index contributed by atoms with van der Waals surface area (Å²) in [7, 11) is 0. The highest BCUT2D eigenvalue weighted by Crippen LogP contribution is 2.06. The van der Waals surface area contributed by atoms with E-state index in [1.54, 1.807) is 31.2 Å². The molecule has 2 rings (SSSR count). The fourth-order valence-corrected chi connectivity index (χ4v) is 2.17. The molecule has 1 fully saturated rings. The van der Waals surface area contributed by atoms with Gasteiger partial charge in [0.2, 0.25) is 0 Å². The van der Waals surface area contributed by atoms with Gasteiger partial charge in [0.25, 0.3) is 0 Å². The lowest BCUT2D eigenvalue weighted by Gasteiger charge is -2.33. The number of piperazine rings is 1. The van der Waals surface area contributed by atoms with Crippen LogP contribution in [-0.2, 0) is 4.74 Å². The van der Waals surface area contributed by atoms with Gasteiger partial charge in [-0.25, -0.2) is 14.4 Å². The van der Waals surface area contributed by atoms with E-state index in [-0.39, 0.29) is 6.09 Å². The maximum Gasteiger partial charge on any atom is 0.409 e. The average Bonchev–Trinajstić information content (AvgIpc) is 2.56. The molecule has 1 heterocycles. The number of benzene rings is 1. The van der Waals surface area contributed by atoms with E-state index >= 15 is 0 Å². The van der Waals surface area contributed by atoms with Crippen LogP contribution >= 0.6 is 0 Å². The number of para-hydroxylation sites is 1. The lowest BCUT2D eigenvalue weighted by molar-refractivity contribution is 0.0855. The van der Waals surface area contributed by atoms with Crippen LogP contribution in [0.5, 0.6) is 0 Å². The average molecular weight is 320 g/mol. The van der Waals surface area contributed by atoms with E-state index in [9.17, 15) is 14.4 Å². The minimum Gasteiger partial charge on any atom is -0.450 e. The molecule has 0 aliphatic carbocycles. The number of imide groups is 1. The number of hydrogen-bond acceptors (Lipinski definition) is 4. The van der Waals surface area contributed by atoms with Gasteiger partial charge >= 0.3 is 18.2 Å². The van der Waals surface area contributed by atoms with E-state index in [4.69, 9.17) is 4.74 Å². The van der Waals surface area contributed by atoms with E-state index in [1.165, 1.54) is 9.80 Å². The standard InChI is InChI=1S/C15H20N4O4/c1-2-23-15(22)19-10-8-18(9-11-19)14(21)17-13(20)16-12-6-4-3-5-7-12/h3-7H,2,8-11H2,1H3,(H2,16,17,20,21). The van der Waals surface area contributed by atoms with Gasteiger partial charge in [-0.15, -0.1) is 0 Å². The zero-order valence-electron chi connectivity index (χ0n) is 12.9. The lowest BCUT2D eigenvalue weighted by atomic mass is 10.3. The van der Waals surface area contributed by atoms with E-state index in [1.807, 2.05) is 6.07 Å². The molecule has 124 valence electrons. The van der Waals surface area contributed by atoms with Crippen molar-refractivity contribution in [3.8, 4) is 0 Å². The summed E-state index contributed by atoms with van der Waals surface area (Å²) in [5, 5.41) is 4.84. The Morgan fingerprint density at radius 2 is 1.65 bits per heavy atom. The highest BCUT2D eigenvalue weighted by molar-refractivity contribution is 6.00. The van der Waals surface area contributed by atoms with Gasteiger partial charge in [-0.2, -0.15) is 0 Å². The van der Waals surface area contributed by atoms with Crippen LogP contribution in [0.15, 0.2) is 30.3 Å². The van der Waals surface area contributed by atoms with Gasteiger partial charge in [0.05, 0.1) is 6.61 Å². The molecule has 1 aromatic rings. The quantitative estimate of drug-likeness (QED) is 0.868. The molecule has 23 heavy (non-hydrogen) atoms. The molecule has 1 saturated heterocycles. The molecule has 0 saturated carbocycles. The number of anilines is 1. The molecule has 1 aromatic carbocycles. The summed E-state index contributed by atoms with van der Waals surface area (Å²) >= 11 is 0. The molecule has 0 bridgehead atoms. The van der Waals surface area contributed by atoms with Crippen molar-refractivity contribution in [1.29, 1.82) is 0 Å². The summed E-state index contributed by atoms with van der Waals surface area (Å²) in [6.07, 6.45) is -0.380.